The van der Waals surface area contributed by atoms with Gasteiger partial charge in [-0.1, -0.05) is 74.4 Å². The lowest BCUT2D eigenvalue weighted by Gasteiger charge is -2.35. The number of aliphatic hydroxyl groups is 1. The van der Waals surface area contributed by atoms with Crippen molar-refractivity contribution in [2.45, 2.75) is 82.3 Å². The van der Waals surface area contributed by atoms with Crippen molar-refractivity contribution >= 4 is 23.7 Å². The van der Waals surface area contributed by atoms with Crippen molar-refractivity contribution in [1.29, 1.82) is 0 Å². The Bertz CT molecular complexity index is 1250. The minimum absolute atomic E-state index is 0.140. The van der Waals surface area contributed by atoms with Crippen LogP contribution < -0.4 is 5.32 Å². The van der Waals surface area contributed by atoms with Crippen LogP contribution in [0.4, 0.5) is 0 Å². The zero-order chi connectivity index (χ0) is 30.6. The first-order valence-corrected chi connectivity index (χ1v) is 15.6. The summed E-state index contributed by atoms with van der Waals surface area (Å²) in [5.41, 5.74) is -0.655. The van der Waals surface area contributed by atoms with Crippen LogP contribution in [0.2, 0.25) is 0 Å². The Balaban J connectivity index is 1.56. The quantitative estimate of drug-likeness (QED) is 0.270. The van der Waals surface area contributed by atoms with E-state index in [1.807, 2.05) is 42.5 Å². The van der Waals surface area contributed by atoms with Gasteiger partial charge in [-0.15, -0.1) is 0 Å². The molecule has 10 nitrogen and oxygen atoms in total. The molecule has 232 valence electrons. The third-order valence-electron chi connectivity index (χ3n) is 9.02. The topological polar surface area (TPSA) is 125 Å². The molecule has 0 unspecified atom stereocenters. The van der Waals surface area contributed by atoms with Crippen LogP contribution in [0.3, 0.4) is 0 Å². The molecule has 2 saturated heterocycles. The number of cyclic esters (lactones) is 1. The molecule has 3 amide bonds. The maximum Gasteiger partial charge on any atom is 0.313 e. The zero-order valence-electron chi connectivity index (χ0n) is 25.0. The van der Waals surface area contributed by atoms with Crippen molar-refractivity contribution in [1.82, 2.24) is 15.1 Å². The van der Waals surface area contributed by atoms with Gasteiger partial charge in [-0.05, 0) is 31.7 Å². The Kier molecular flexibility index (Phi) is 9.66. The molecule has 1 aromatic rings. The van der Waals surface area contributed by atoms with Crippen molar-refractivity contribution in [3.05, 3.63) is 60.2 Å². The SMILES string of the molecule is CCCCCN1CC=C[C@@]23O[C@H]4/C=C\CCC(=O)N[C@@H](C)[C@H](c5ccccc5)OC(=O)[C@H]4[C@@H]2C(=O)N(CCCO)[C@H]3C1=O. The summed E-state index contributed by atoms with van der Waals surface area (Å²) in [4.78, 5) is 58.6. The Labute approximate surface area is 253 Å². The number of fused-ring (bicyclic) bond motifs is 2. The standard InChI is InChI=1S/C33H43N3O7/c1-3-4-10-18-35-19-11-17-33-27(30(39)36(20-12-21-37)29(33)31(35)40)26-24(43-33)15-8-9-16-25(38)34-22(2)28(42-32(26)41)23-13-6-5-7-14-23/h5-8,11,13-15,17,22,24,26-29,37H,3-4,9-10,12,16,18-21H2,1-2H3,(H,34,38)/b15-8-/t22-,24-,26+,27+,28+,29-,33+/m0/s1. The molecule has 0 bridgehead atoms. The number of hydrogen-bond acceptors (Lipinski definition) is 7. The van der Waals surface area contributed by atoms with Gasteiger partial charge in [0.2, 0.25) is 17.7 Å². The highest BCUT2D eigenvalue weighted by Gasteiger charge is 2.71. The van der Waals surface area contributed by atoms with E-state index in [-0.39, 0.29) is 37.3 Å². The van der Waals surface area contributed by atoms with Gasteiger partial charge in [0.25, 0.3) is 0 Å². The number of carbonyl (C=O) groups is 4. The third-order valence-corrected chi connectivity index (χ3v) is 9.02. The molecule has 1 aromatic carbocycles. The first-order valence-electron chi connectivity index (χ1n) is 15.6. The van der Waals surface area contributed by atoms with Crippen LogP contribution in [-0.2, 0) is 28.7 Å². The van der Waals surface area contributed by atoms with Gasteiger partial charge >= 0.3 is 5.97 Å². The average Bonchev–Trinajstić information content (AvgIpc) is 3.38. The van der Waals surface area contributed by atoms with E-state index in [0.29, 0.717) is 31.5 Å². The molecule has 5 rings (SSSR count). The number of likely N-dealkylation sites (tertiary alicyclic amines) is 1. The van der Waals surface area contributed by atoms with E-state index in [9.17, 15) is 24.3 Å². The number of allylic oxidation sites excluding steroid dienone is 1. The predicted octanol–water partition coefficient (Wildman–Crippen LogP) is 2.68. The largest absolute Gasteiger partial charge is 0.455 e. The number of hydrogen-bond donors (Lipinski definition) is 2. The molecule has 0 saturated carbocycles. The number of nitrogens with one attached hydrogen (secondary N) is 1. The van der Waals surface area contributed by atoms with Crippen LogP contribution in [0.5, 0.6) is 0 Å². The summed E-state index contributed by atoms with van der Waals surface area (Å²) in [6.45, 7) is 4.87. The van der Waals surface area contributed by atoms with Crippen LogP contribution in [0, 0.1) is 11.8 Å². The van der Waals surface area contributed by atoms with Crippen LogP contribution in [0.1, 0.15) is 64.0 Å². The average molecular weight is 594 g/mol. The smallest absolute Gasteiger partial charge is 0.313 e. The van der Waals surface area contributed by atoms with Crippen molar-refractivity contribution in [3.63, 3.8) is 0 Å². The molecule has 4 aliphatic rings. The Hall–Kier alpha value is -3.50. The lowest BCUT2D eigenvalue weighted by molar-refractivity contribution is -0.161. The molecular weight excluding hydrogens is 550 g/mol. The summed E-state index contributed by atoms with van der Waals surface area (Å²) in [5, 5.41) is 12.6. The second-order valence-electron chi connectivity index (χ2n) is 11.9. The van der Waals surface area contributed by atoms with E-state index in [4.69, 9.17) is 9.47 Å². The molecule has 2 N–H and O–H groups in total. The second kappa shape index (κ2) is 13.4. The van der Waals surface area contributed by atoms with Gasteiger partial charge in [0.1, 0.15) is 23.7 Å². The van der Waals surface area contributed by atoms with Crippen molar-refractivity contribution in [2.24, 2.45) is 11.8 Å². The molecule has 1 spiro atoms. The maximum absolute atomic E-state index is 14.3. The van der Waals surface area contributed by atoms with Crippen molar-refractivity contribution in [2.75, 3.05) is 26.2 Å². The second-order valence-corrected chi connectivity index (χ2v) is 11.9. The number of esters is 1. The molecule has 10 heteroatoms. The first-order chi connectivity index (χ1) is 20.8. The molecule has 2 fully saturated rings. The maximum atomic E-state index is 14.3. The van der Waals surface area contributed by atoms with Gasteiger partial charge in [0.15, 0.2) is 0 Å². The number of rotatable bonds is 8. The Morgan fingerprint density at radius 3 is 2.56 bits per heavy atom. The summed E-state index contributed by atoms with van der Waals surface area (Å²) in [6, 6.07) is 7.72. The highest BCUT2D eigenvalue weighted by Crippen LogP contribution is 2.53. The fourth-order valence-electron chi connectivity index (χ4n) is 6.99. The van der Waals surface area contributed by atoms with E-state index >= 15 is 0 Å². The molecule has 7 atom stereocenters. The molecule has 4 heterocycles. The molecular formula is C33H43N3O7. The zero-order valence-corrected chi connectivity index (χ0v) is 25.0. The number of aliphatic hydroxyl groups excluding tert-OH is 1. The minimum Gasteiger partial charge on any atom is -0.455 e. The number of ether oxygens (including phenoxy) is 2. The van der Waals surface area contributed by atoms with E-state index in [1.165, 1.54) is 4.90 Å². The van der Waals surface area contributed by atoms with Gasteiger partial charge in [-0.2, -0.15) is 0 Å². The van der Waals surface area contributed by atoms with Crippen molar-refractivity contribution < 1.29 is 33.8 Å². The summed E-state index contributed by atoms with van der Waals surface area (Å²) in [6.07, 6.45) is 9.39. The summed E-state index contributed by atoms with van der Waals surface area (Å²) in [7, 11) is 0. The highest BCUT2D eigenvalue weighted by atomic mass is 16.6. The predicted molar refractivity (Wildman–Crippen MR) is 158 cm³/mol. The Morgan fingerprint density at radius 1 is 1.02 bits per heavy atom. The van der Waals surface area contributed by atoms with Crippen LogP contribution in [0.15, 0.2) is 54.6 Å². The third kappa shape index (κ3) is 5.99. The summed E-state index contributed by atoms with van der Waals surface area (Å²) >= 11 is 0. The number of amides is 3. The van der Waals surface area contributed by atoms with E-state index < -0.39 is 47.7 Å². The molecule has 0 radical (unpaired) electrons. The molecule has 4 aliphatic heterocycles. The molecule has 0 aliphatic carbocycles. The monoisotopic (exact) mass is 593 g/mol. The normalized spacial score (nSPS) is 33.5. The minimum atomic E-state index is -1.37. The number of nitrogens with zero attached hydrogens (tertiary/aromatic N) is 2. The van der Waals surface area contributed by atoms with Gasteiger partial charge < -0.3 is 29.7 Å². The van der Waals surface area contributed by atoms with Gasteiger partial charge in [-0.3, -0.25) is 19.2 Å². The van der Waals surface area contributed by atoms with Gasteiger partial charge in [0.05, 0.1) is 18.1 Å². The Morgan fingerprint density at radius 2 is 1.81 bits per heavy atom. The van der Waals surface area contributed by atoms with Gasteiger partial charge in [0, 0.05) is 32.7 Å². The van der Waals surface area contributed by atoms with Gasteiger partial charge in [-0.25, -0.2) is 0 Å². The van der Waals surface area contributed by atoms with E-state index in [0.717, 1.165) is 19.3 Å². The van der Waals surface area contributed by atoms with E-state index in [2.05, 4.69) is 12.2 Å². The lowest BCUT2D eigenvalue weighted by Crippen LogP contribution is -2.55. The fourth-order valence-corrected chi connectivity index (χ4v) is 6.99. The molecule has 0 aromatic heterocycles. The number of unbranched alkanes of at least 4 members (excludes halogenated alkanes) is 2. The lowest BCUT2D eigenvalue weighted by atomic mass is 9.77. The van der Waals surface area contributed by atoms with Crippen LogP contribution in [0.25, 0.3) is 0 Å². The summed E-state index contributed by atoms with van der Waals surface area (Å²) in [5.74, 6) is -3.34. The number of carbonyl (C=O) groups excluding carboxylic acids is 4. The fraction of sp³-hybridized carbons (Fsp3) is 0.576. The molecule has 43 heavy (non-hydrogen) atoms. The van der Waals surface area contributed by atoms with Crippen LogP contribution in [-0.4, -0.2) is 88.6 Å². The van der Waals surface area contributed by atoms with Crippen molar-refractivity contribution in [3.8, 4) is 0 Å². The van der Waals surface area contributed by atoms with E-state index in [1.54, 1.807) is 24.0 Å². The van der Waals surface area contributed by atoms with Crippen LogP contribution >= 0.6 is 0 Å². The summed E-state index contributed by atoms with van der Waals surface area (Å²) < 4.78 is 12.9. The first kappa shape index (κ1) is 30.9. The number of benzene rings is 1. The highest BCUT2D eigenvalue weighted by molar-refractivity contribution is 5.99.